The Balaban J connectivity index is 2.09. The van der Waals surface area contributed by atoms with Gasteiger partial charge in [0.1, 0.15) is 11.3 Å². The molecule has 3 aromatic rings. The molecule has 0 amide bonds. The Bertz CT molecular complexity index is 731. The second-order valence-electron chi connectivity index (χ2n) is 4.42. The number of rotatable bonds is 1. The zero-order valence-corrected chi connectivity index (χ0v) is 10.6. The number of hydrogen-bond acceptors (Lipinski definition) is 3. The molecular weight excluding hydrogens is 280 g/mol. The summed E-state index contributed by atoms with van der Waals surface area (Å²) in [4.78, 5) is 9.12. The summed E-state index contributed by atoms with van der Waals surface area (Å²) >= 11 is 3.58. The number of nitrogens with zero attached hydrogens (tertiary/aromatic N) is 2. The topological polar surface area (TPSA) is 38.9 Å². The first-order chi connectivity index (χ1) is 8.33. The van der Waals surface area contributed by atoms with Gasteiger partial charge in [-0.05, 0) is 40.9 Å². The normalized spacial score (nSPS) is 15.8. The molecule has 0 unspecified atom stereocenters. The molecule has 2 aromatic heterocycles. The highest BCUT2D eigenvalue weighted by Crippen LogP contribution is 2.46. The summed E-state index contributed by atoms with van der Waals surface area (Å²) in [5.41, 5.74) is 3.26. The van der Waals surface area contributed by atoms with Crippen LogP contribution in [0.1, 0.15) is 24.5 Å². The Kier molecular flexibility index (Phi) is 1.86. The van der Waals surface area contributed by atoms with E-state index in [1.165, 1.54) is 12.8 Å². The molecule has 0 atom stereocenters. The van der Waals surface area contributed by atoms with E-state index in [4.69, 9.17) is 4.42 Å². The van der Waals surface area contributed by atoms with Crippen LogP contribution >= 0.6 is 15.9 Å². The lowest BCUT2D eigenvalue weighted by Gasteiger charge is -1.94. The lowest BCUT2D eigenvalue weighted by molar-refractivity contribution is 0.541. The van der Waals surface area contributed by atoms with Crippen molar-refractivity contribution in [1.29, 1.82) is 0 Å². The van der Waals surface area contributed by atoms with Crippen molar-refractivity contribution >= 4 is 38.2 Å². The summed E-state index contributed by atoms with van der Waals surface area (Å²) in [5.74, 6) is 1.57. The molecule has 1 fully saturated rings. The molecule has 0 saturated heterocycles. The van der Waals surface area contributed by atoms with E-state index in [9.17, 15) is 0 Å². The molecule has 3 nitrogen and oxygen atoms in total. The Hall–Kier alpha value is -1.42. The van der Waals surface area contributed by atoms with Gasteiger partial charge >= 0.3 is 0 Å². The highest BCUT2D eigenvalue weighted by molar-refractivity contribution is 9.10. The first kappa shape index (κ1) is 9.59. The molecule has 2 heterocycles. The number of benzene rings is 1. The fourth-order valence-corrected chi connectivity index (χ4v) is 2.73. The molecule has 4 rings (SSSR count). The van der Waals surface area contributed by atoms with Gasteiger partial charge in [0.25, 0.3) is 0 Å². The maximum Gasteiger partial charge on any atom is 0.247 e. The monoisotopic (exact) mass is 288 g/mol. The molecule has 1 saturated carbocycles. The van der Waals surface area contributed by atoms with Crippen LogP contribution in [0.4, 0.5) is 0 Å². The maximum absolute atomic E-state index is 5.81. The average molecular weight is 289 g/mol. The van der Waals surface area contributed by atoms with E-state index in [0.717, 1.165) is 26.8 Å². The minimum Gasteiger partial charge on any atom is -0.440 e. The van der Waals surface area contributed by atoms with Crippen molar-refractivity contribution in [2.24, 2.45) is 0 Å². The third-order valence-corrected chi connectivity index (χ3v) is 3.88. The second kappa shape index (κ2) is 3.29. The molecule has 84 valence electrons. The average Bonchev–Trinajstić information content (AvgIpc) is 3.14. The van der Waals surface area contributed by atoms with Crippen molar-refractivity contribution < 1.29 is 4.42 Å². The van der Waals surface area contributed by atoms with Crippen molar-refractivity contribution in [3.05, 3.63) is 34.5 Å². The number of para-hydroxylation sites is 2. The Morgan fingerprint density at radius 3 is 2.53 bits per heavy atom. The third-order valence-electron chi connectivity index (χ3n) is 3.12. The fraction of sp³-hybridized carbons (Fsp3) is 0.231. The van der Waals surface area contributed by atoms with Crippen LogP contribution in [-0.4, -0.2) is 9.97 Å². The minimum absolute atomic E-state index is 0.559. The van der Waals surface area contributed by atoms with Gasteiger partial charge in [0.05, 0.1) is 15.5 Å². The van der Waals surface area contributed by atoms with Crippen LogP contribution in [0.3, 0.4) is 0 Å². The Morgan fingerprint density at radius 2 is 1.82 bits per heavy atom. The summed E-state index contributed by atoms with van der Waals surface area (Å²) in [6.07, 6.45) is 2.41. The van der Waals surface area contributed by atoms with Gasteiger partial charge < -0.3 is 4.42 Å². The second-order valence-corrected chi connectivity index (χ2v) is 5.21. The van der Waals surface area contributed by atoms with E-state index < -0.39 is 0 Å². The zero-order chi connectivity index (χ0) is 11.4. The molecule has 0 N–H and O–H groups in total. The third kappa shape index (κ3) is 1.40. The summed E-state index contributed by atoms with van der Waals surface area (Å²) in [6.45, 7) is 0. The fourth-order valence-electron chi connectivity index (χ4n) is 2.07. The Labute approximate surface area is 106 Å². The molecule has 0 aliphatic heterocycles. The quantitative estimate of drug-likeness (QED) is 0.679. The number of aromatic nitrogens is 2. The van der Waals surface area contributed by atoms with Gasteiger partial charge in [-0.1, -0.05) is 12.1 Å². The number of hydrogen-bond donors (Lipinski definition) is 0. The molecule has 0 bridgehead atoms. The molecule has 1 aliphatic carbocycles. The van der Waals surface area contributed by atoms with Crippen LogP contribution in [0.15, 0.2) is 33.2 Å². The van der Waals surface area contributed by atoms with Gasteiger partial charge in [-0.25, -0.2) is 9.97 Å². The standard InChI is InChI=1S/C13H9BrN2O/c14-10-11-13(17-12(10)7-5-6-7)16-9-4-2-1-3-8(9)15-11/h1-4,7H,5-6H2. The van der Waals surface area contributed by atoms with Crippen molar-refractivity contribution in [3.8, 4) is 0 Å². The lowest BCUT2D eigenvalue weighted by Crippen LogP contribution is -1.83. The van der Waals surface area contributed by atoms with E-state index >= 15 is 0 Å². The maximum atomic E-state index is 5.81. The van der Waals surface area contributed by atoms with Crippen molar-refractivity contribution in [1.82, 2.24) is 9.97 Å². The molecule has 1 aliphatic rings. The number of halogens is 1. The highest BCUT2D eigenvalue weighted by Gasteiger charge is 2.31. The van der Waals surface area contributed by atoms with Crippen molar-refractivity contribution in [2.45, 2.75) is 18.8 Å². The Morgan fingerprint density at radius 1 is 1.12 bits per heavy atom. The van der Waals surface area contributed by atoms with E-state index in [0.29, 0.717) is 11.6 Å². The van der Waals surface area contributed by atoms with Crippen LogP contribution in [0.5, 0.6) is 0 Å². The zero-order valence-electron chi connectivity index (χ0n) is 8.98. The molecule has 4 heteroatoms. The van der Waals surface area contributed by atoms with Gasteiger partial charge in [-0.3, -0.25) is 0 Å². The number of fused-ring (bicyclic) bond motifs is 2. The van der Waals surface area contributed by atoms with Crippen LogP contribution < -0.4 is 0 Å². The molecule has 0 radical (unpaired) electrons. The first-order valence-corrected chi connectivity index (χ1v) is 6.47. The van der Waals surface area contributed by atoms with Crippen molar-refractivity contribution in [3.63, 3.8) is 0 Å². The lowest BCUT2D eigenvalue weighted by atomic mass is 10.3. The van der Waals surface area contributed by atoms with Gasteiger partial charge in [0.2, 0.25) is 5.71 Å². The van der Waals surface area contributed by atoms with Crippen LogP contribution in [0.25, 0.3) is 22.3 Å². The number of furan rings is 1. The summed E-state index contributed by atoms with van der Waals surface area (Å²) < 4.78 is 6.79. The van der Waals surface area contributed by atoms with E-state index in [1.54, 1.807) is 0 Å². The highest BCUT2D eigenvalue weighted by atomic mass is 79.9. The summed E-state index contributed by atoms with van der Waals surface area (Å²) in [5, 5.41) is 0. The molecule has 17 heavy (non-hydrogen) atoms. The van der Waals surface area contributed by atoms with Gasteiger partial charge in [-0.2, -0.15) is 0 Å². The predicted molar refractivity (Wildman–Crippen MR) is 69.0 cm³/mol. The smallest absolute Gasteiger partial charge is 0.247 e. The van der Waals surface area contributed by atoms with Crippen LogP contribution in [-0.2, 0) is 0 Å². The van der Waals surface area contributed by atoms with Gasteiger partial charge in [-0.15, -0.1) is 0 Å². The van der Waals surface area contributed by atoms with Crippen molar-refractivity contribution in [2.75, 3.05) is 0 Å². The van der Waals surface area contributed by atoms with E-state index in [1.807, 2.05) is 24.3 Å². The van der Waals surface area contributed by atoms with E-state index in [-0.39, 0.29) is 0 Å². The molecule has 0 spiro atoms. The van der Waals surface area contributed by atoms with Crippen LogP contribution in [0.2, 0.25) is 0 Å². The summed E-state index contributed by atoms with van der Waals surface area (Å²) in [6, 6.07) is 7.86. The van der Waals surface area contributed by atoms with Crippen LogP contribution in [0, 0.1) is 0 Å². The molecule has 1 aromatic carbocycles. The predicted octanol–water partition coefficient (Wildman–Crippen LogP) is 4.02. The minimum atomic E-state index is 0.559. The molecular formula is C13H9BrN2O. The van der Waals surface area contributed by atoms with Gasteiger partial charge in [0.15, 0.2) is 0 Å². The summed E-state index contributed by atoms with van der Waals surface area (Å²) in [7, 11) is 0. The SMILES string of the molecule is Brc1c(C2CC2)oc2nc3ccccc3nc12. The largest absolute Gasteiger partial charge is 0.440 e. The van der Waals surface area contributed by atoms with E-state index in [2.05, 4.69) is 25.9 Å². The van der Waals surface area contributed by atoms with Gasteiger partial charge in [0, 0.05) is 5.92 Å². The first-order valence-electron chi connectivity index (χ1n) is 5.67.